The SMILES string of the molecule is COC(=O)[C@H]1CCCCC[C@@H]1NC(=O)c1ccn[nH]1. The average Bonchev–Trinajstić information content (AvgIpc) is 2.86. The van der Waals surface area contributed by atoms with Crippen LogP contribution in [0.3, 0.4) is 0 Å². The number of nitrogens with one attached hydrogen (secondary N) is 2. The predicted molar refractivity (Wildman–Crippen MR) is 68.4 cm³/mol. The van der Waals surface area contributed by atoms with Crippen molar-refractivity contribution in [2.24, 2.45) is 5.92 Å². The van der Waals surface area contributed by atoms with Crippen molar-refractivity contribution in [3.63, 3.8) is 0 Å². The van der Waals surface area contributed by atoms with Gasteiger partial charge in [-0.3, -0.25) is 14.7 Å². The Bertz CT molecular complexity index is 430. The quantitative estimate of drug-likeness (QED) is 0.636. The molecule has 1 fully saturated rings. The van der Waals surface area contributed by atoms with Gasteiger partial charge in [0.25, 0.3) is 5.91 Å². The minimum absolute atomic E-state index is 0.161. The monoisotopic (exact) mass is 265 g/mol. The lowest BCUT2D eigenvalue weighted by Gasteiger charge is -2.23. The Balaban J connectivity index is 2.05. The highest BCUT2D eigenvalue weighted by molar-refractivity contribution is 5.92. The molecule has 0 aliphatic heterocycles. The summed E-state index contributed by atoms with van der Waals surface area (Å²) in [5.41, 5.74) is 0.410. The molecule has 0 aromatic carbocycles. The summed E-state index contributed by atoms with van der Waals surface area (Å²) in [7, 11) is 1.39. The first-order valence-corrected chi connectivity index (χ1v) is 6.60. The van der Waals surface area contributed by atoms with Gasteiger partial charge in [-0.25, -0.2) is 0 Å². The molecule has 6 nitrogen and oxygen atoms in total. The number of hydrogen-bond acceptors (Lipinski definition) is 4. The summed E-state index contributed by atoms with van der Waals surface area (Å²) < 4.78 is 4.84. The molecule has 0 unspecified atom stereocenters. The molecule has 1 saturated carbocycles. The number of rotatable bonds is 3. The van der Waals surface area contributed by atoms with E-state index in [1.165, 1.54) is 13.3 Å². The van der Waals surface area contributed by atoms with Crippen LogP contribution in [0.25, 0.3) is 0 Å². The molecule has 2 N–H and O–H groups in total. The van der Waals surface area contributed by atoms with Crippen molar-refractivity contribution < 1.29 is 14.3 Å². The predicted octanol–water partition coefficient (Wildman–Crippen LogP) is 1.26. The van der Waals surface area contributed by atoms with E-state index in [0.717, 1.165) is 32.1 Å². The highest BCUT2D eigenvalue weighted by atomic mass is 16.5. The summed E-state index contributed by atoms with van der Waals surface area (Å²) in [6.07, 6.45) is 6.20. The third-order valence-corrected chi connectivity index (χ3v) is 3.58. The van der Waals surface area contributed by atoms with Crippen LogP contribution in [0, 0.1) is 5.92 Å². The van der Waals surface area contributed by atoms with E-state index in [1.54, 1.807) is 6.07 Å². The number of amides is 1. The summed E-state index contributed by atoms with van der Waals surface area (Å²) >= 11 is 0. The number of carbonyl (C=O) groups excluding carboxylic acids is 2. The Morgan fingerprint density at radius 2 is 2.16 bits per heavy atom. The first-order chi connectivity index (χ1) is 9.22. The van der Waals surface area contributed by atoms with E-state index in [4.69, 9.17) is 4.74 Å². The number of nitrogens with zero attached hydrogens (tertiary/aromatic N) is 1. The van der Waals surface area contributed by atoms with Gasteiger partial charge in [0.2, 0.25) is 0 Å². The van der Waals surface area contributed by atoms with E-state index in [1.807, 2.05) is 0 Å². The summed E-state index contributed by atoms with van der Waals surface area (Å²) in [5, 5.41) is 9.29. The van der Waals surface area contributed by atoms with E-state index in [0.29, 0.717) is 5.69 Å². The van der Waals surface area contributed by atoms with E-state index in [2.05, 4.69) is 15.5 Å². The van der Waals surface area contributed by atoms with Gasteiger partial charge in [-0.2, -0.15) is 5.10 Å². The van der Waals surface area contributed by atoms with Gasteiger partial charge in [0.15, 0.2) is 0 Å². The van der Waals surface area contributed by atoms with Gasteiger partial charge in [-0.1, -0.05) is 19.3 Å². The highest BCUT2D eigenvalue weighted by Crippen LogP contribution is 2.24. The molecule has 1 amide bonds. The van der Waals surface area contributed by atoms with Crippen molar-refractivity contribution in [1.82, 2.24) is 15.5 Å². The van der Waals surface area contributed by atoms with Gasteiger partial charge in [0, 0.05) is 12.2 Å². The maximum Gasteiger partial charge on any atom is 0.310 e. The second-order valence-electron chi connectivity index (χ2n) is 4.82. The van der Waals surface area contributed by atoms with E-state index in [-0.39, 0.29) is 23.8 Å². The zero-order chi connectivity index (χ0) is 13.7. The van der Waals surface area contributed by atoms with Crippen molar-refractivity contribution in [3.05, 3.63) is 18.0 Å². The fourth-order valence-electron chi connectivity index (χ4n) is 2.54. The third-order valence-electron chi connectivity index (χ3n) is 3.58. The van der Waals surface area contributed by atoms with Crippen LogP contribution in [0.4, 0.5) is 0 Å². The van der Waals surface area contributed by atoms with Gasteiger partial charge in [0.05, 0.1) is 13.0 Å². The lowest BCUT2D eigenvalue weighted by atomic mass is 9.94. The average molecular weight is 265 g/mol. The number of H-pyrrole nitrogens is 1. The first kappa shape index (κ1) is 13.6. The molecule has 1 aromatic heterocycles. The number of aromatic nitrogens is 2. The number of aromatic amines is 1. The second-order valence-corrected chi connectivity index (χ2v) is 4.82. The largest absolute Gasteiger partial charge is 0.469 e. The molecule has 0 saturated heterocycles. The van der Waals surface area contributed by atoms with E-state index >= 15 is 0 Å². The number of hydrogen-bond donors (Lipinski definition) is 2. The zero-order valence-electron chi connectivity index (χ0n) is 11.0. The zero-order valence-corrected chi connectivity index (χ0v) is 11.0. The summed E-state index contributed by atoms with van der Waals surface area (Å²) in [4.78, 5) is 23.8. The maximum absolute atomic E-state index is 12.0. The maximum atomic E-state index is 12.0. The van der Waals surface area contributed by atoms with Crippen molar-refractivity contribution in [3.8, 4) is 0 Å². The van der Waals surface area contributed by atoms with Gasteiger partial charge in [-0.05, 0) is 18.9 Å². The minimum Gasteiger partial charge on any atom is -0.469 e. The van der Waals surface area contributed by atoms with Crippen molar-refractivity contribution >= 4 is 11.9 Å². The fourth-order valence-corrected chi connectivity index (χ4v) is 2.54. The standard InChI is InChI=1S/C13H19N3O3/c1-19-13(18)9-5-3-2-4-6-10(9)15-12(17)11-7-8-14-16-11/h7-10H,2-6H2,1H3,(H,14,16)(H,15,17)/t9-,10-/m0/s1. The van der Waals surface area contributed by atoms with Crippen LogP contribution < -0.4 is 5.32 Å². The molecule has 2 rings (SSSR count). The molecule has 0 spiro atoms. The normalized spacial score (nSPS) is 23.4. The Morgan fingerprint density at radius 3 is 2.84 bits per heavy atom. The molecule has 104 valence electrons. The van der Waals surface area contributed by atoms with Crippen LogP contribution in [-0.4, -0.2) is 35.2 Å². The van der Waals surface area contributed by atoms with Crippen LogP contribution in [0.5, 0.6) is 0 Å². The Kier molecular flexibility index (Phi) is 4.54. The highest BCUT2D eigenvalue weighted by Gasteiger charge is 2.31. The van der Waals surface area contributed by atoms with Crippen LogP contribution >= 0.6 is 0 Å². The van der Waals surface area contributed by atoms with Crippen LogP contribution in [0.2, 0.25) is 0 Å². The topological polar surface area (TPSA) is 84.1 Å². The molecule has 1 aliphatic rings. The van der Waals surface area contributed by atoms with Crippen LogP contribution in [0.15, 0.2) is 12.3 Å². The Morgan fingerprint density at radius 1 is 1.37 bits per heavy atom. The van der Waals surface area contributed by atoms with Gasteiger partial charge in [-0.15, -0.1) is 0 Å². The van der Waals surface area contributed by atoms with Gasteiger partial charge in [0.1, 0.15) is 5.69 Å². The molecule has 1 aliphatic carbocycles. The third kappa shape index (κ3) is 3.33. The lowest BCUT2D eigenvalue weighted by molar-refractivity contribution is -0.146. The second kappa shape index (κ2) is 6.36. The summed E-state index contributed by atoms with van der Waals surface area (Å²) in [5.74, 6) is -0.713. The lowest BCUT2D eigenvalue weighted by Crippen LogP contribution is -2.43. The van der Waals surface area contributed by atoms with Crippen molar-refractivity contribution in [2.75, 3.05) is 7.11 Å². The van der Waals surface area contributed by atoms with Crippen molar-refractivity contribution in [2.45, 2.75) is 38.1 Å². The molecule has 0 radical (unpaired) electrons. The molecule has 6 heteroatoms. The van der Waals surface area contributed by atoms with Crippen LogP contribution in [-0.2, 0) is 9.53 Å². The Hall–Kier alpha value is -1.85. The number of esters is 1. The van der Waals surface area contributed by atoms with Crippen LogP contribution in [0.1, 0.15) is 42.6 Å². The number of carbonyl (C=O) groups is 2. The van der Waals surface area contributed by atoms with E-state index < -0.39 is 0 Å². The first-order valence-electron chi connectivity index (χ1n) is 6.60. The molecule has 19 heavy (non-hydrogen) atoms. The minimum atomic E-state index is -0.251. The molecule has 0 bridgehead atoms. The molecular formula is C13H19N3O3. The Labute approximate surface area is 111 Å². The van der Waals surface area contributed by atoms with E-state index in [9.17, 15) is 9.59 Å². The smallest absolute Gasteiger partial charge is 0.310 e. The molecular weight excluding hydrogens is 246 g/mol. The molecule has 1 aromatic rings. The summed E-state index contributed by atoms with van der Waals surface area (Å²) in [6, 6.07) is 1.45. The summed E-state index contributed by atoms with van der Waals surface area (Å²) in [6.45, 7) is 0. The number of ether oxygens (including phenoxy) is 1. The fraction of sp³-hybridized carbons (Fsp3) is 0.615. The number of methoxy groups -OCH3 is 1. The molecule has 2 atom stereocenters. The van der Waals surface area contributed by atoms with Crippen molar-refractivity contribution in [1.29, 1.82) is 0 Å². The van der Waals surface area contributed by atoms with Gasteiger partial charge < -0.3 is 10.1 Å². The molecule has 1 heterocycles. The van der Waals surface area contributed by atoms with Gasteiger partial charge >= 0.3 is 5.97 Å².